The molecule has 1 aliphatic carbocycles. The quantitative estimate of drug-likeness (QED) is 0.388. The van der Waals surface area contributed by atoms with Crippen molar-refractivity contribution in [1.82, 2.24) is 29.2 Å². The Morgan fingerprint density at radius 3 is 2.90 bits per heavy atom. The highest BCUT2D eigenvalue weighted by Gasteiger charge is 2.48. The van der Waals surface area contributed by atoms with Gasteiger partial charge in [0.2, 0.25) is 5.95 Å². The van der Waals surface area contributed by atoms with Crippen molar-refractivity contribution < 1.29 is 4.74 Å². The molecule has 4 aromatic rings. The van der Waals surface area contributed by atoms with Crippen molar-refractivity contribution in [3.8, 4) is 11.6 Å². The van der Waals surface area contributed by atoms with Gasteiger partial charge in [0.1, 0.15) is 12.0 Å². The third-order valence-electron chi connectivity index (χ3n) is 8.68. The molecular weight excluding hydrogens is 504 g/mol. The minimum absolute atomic E-state index is 0.137. The summed E-state index contributed by atoms with van der Waals surface area (Å²) in [6.45, 7) is 4.84. The number of fused-ring (bicyclic) bond motifs is 7. The van der Waals surface area contributed by atoms with Crippen LogP contribution >= 0.6 is 0 Å². The van der Waals surface area contributed by atoms with Crippen LogP contribution in [-0.4, -0.2) is 62.5 Å². The summed E-state index contributed by atoms with van der Waals surface area (Å²) >= 11 is 0. The Morgan fingerprint density at radius 1 is 1.07 bits per heavy atom. The molecule has 0 saturated heterocycles. The van der Waals surface area contributed by atoms with Crippen LogP contribution in [0, 0.1) is 0 Å². The van der Waals surface area contributed by atoms with Gasteiger partial charge in [-0.05, 0) is 68.1 Å². The number of hydrogen-bond donors (Lipinski definition) is 1. The Hall–Kier alpha value is -4.18. The summed E-state index contributed by atoms with van der Waals surface area (Å²) in [5.74, 6) is 2.67. The fourth-order valence-corrected chi connectivity index (χ4v) is 6.63. The molecule has 4 aliphatic rings. The van der Waals surface area contributed by atoms with Crippen LogP contribution in [0.4, 0.5) is 17.5 Å². The third-order valence-corrected chi connectivity index (χ3v) is 8.68. The van der Waals surface area contributed by atoms with Crippen molar-refractivity contribution in [1.29, 1.82) is 0 Å². The van der Waals surface area contributed by atoms with Gasteiger partial charge in [-0.2, -0.15) is 4.98 Å². The molecule has 204 valence electrons. The SMILES string of the molecule is CN1Cc2cc(Nc3ncc4c(=O)n5n(c4n3)-c3ccc4c(n3)N(CCC/C=C\C5)CCO4)ccc2C2(CC2)C1. The van der Waals surface area contributed by atoms with E-state index in [0.717, 1.165) is 56.3 Å². The van der Waals surface area contributed by atoms with Gasteiger partial charge in [0.05, 0.1) is 13.1 Å². The van der Waals surface area contributed by atoms with E-state index < -0.39 is 0 Å². The fraction of sp³-hybridized carbons (Fsp3) is 0.400. The lowest BCUT2D eigenvalue weighted by atomic mass is 9.87. The lowest BCUT2D eigenvalue weighted by Crippen LogP contribution is -2.35. The number of likely N-dealkylation sites (N-methyl/N-ethyl adjacent to an activating group) is 1. The molecule has 0 atom stereocenters. The van der Waals surface area contributed by atoms with Crippen molar-refractivity contribution in [2.75, 3.05) is 43.5 Å². The van der Waals surface area contributed by atoms with Gasteiger partial charge in [-0.25, -0.2) is 19.3 Å². The molecule has 0 amide bonds. The maximum Gasteiger partial charge on any atom is 0.278 e. The molecule has 0 unspecified atom stereocenters. The normalized spacial score (nSPS) is 20.2. The smallest absolute Gasteiger partial charge is 0.278 e. The van der Waals surface area contributed by atoms with Gasteiger partial charge in [-0.15, -0.1) is 0 Å². The summed E-state index contributed by atoms with van der Waals surface area (Å²) in [4.78, 5) is 32.6. The Balaban J connectivity index is 1.22. The molecule has 1 aromatic carbocycles. The van der Waals surface area contributed by atoms with Crippen molar-refractivity contribution in [2.24, 2.45) is 0 Å². The first kappa shape index (κ1) is 23.7. The van der Waals surface area contributed by atoms with Crippen LogP contribution in [0.2, 0.25) is 0 Å². The van der Waals surface area contributed by atoms with Crippen LogP contribution in [0.15, 0.2) is 53.5 Å². The number of pyridine rings is 1. The number of aromatic nitrogens is 5. The molecule has 10 heteroatoms. The van der Waals surface area contributed by atoms with Gasteiger partial charge in [0, 0.05) is 36.9 Å². The second-order valence-electron chi connectivity index (χ2n) is 11.5. The van der Waals surface area contributed by atoms with Crippen LogP contribution in [0.1, 0.15) is 36.8 Å². The van der Waals surface area contributed by atoms with Gasteiger partial charge in [-0.1, -0.05) is 18.2 Å². The first-order chi connectivity index (χ1) is 19.6. The zero-order chi connectivity index (χ0) is 26.8. The van der Waals surface area contributed by atoms with E-state index in [1.807, 2.05) is 16.8 Å². The number of nitrogens with zero attached hydrogens (tertiary/aromatic N) is 7. The van der Waals surface area contributed by atoms with Gasteiger partial charge in [0.25, 0.3) is 5.56 Å². The summed E-state index contributed by atoms with van der Waals surface area (Å²) in [6.07, 6.45) is 10.3. The second-order valence-corrected chi connectivity index (χ2v) is 11.5. The Labute approximate surface area is 231 Å². The number of anilines is 3. The van der Waals surface area contributed by atoms with E-state index in [0.29, 0.717) is 41.4 Å². The number of hydrogen-bond acceptors (Lipinski definition) is 8. The van der Waals surface area contributed by atoms with Gasteiger partial charge < -0.3 is 19.9 Å². The number of allylic oxidation sites excluding steroid dienone is 2. The molecule has 6 heterocycles. The molecule has 1 fully saturated rings. The highest BCUT2D eigenvalue weighted by Crippen LogP contribution is 2.52. The topological polar surface area (TPSA) is 93.3 Å². The minimum atomic E-state index is -0.137. The predicted octanol–water partition coefficient (Wildman–Crippen LogP) is 3.75. The predicted molar refractivity (Wildman–Crippen MR) is 154 cm³/mol. The molecule has 2 bridgehead atoms. The van der Waals surface area contributed by atoms with Crippen LogP contribution in [0.3, 0.4) is 0 Å². The van der Waals surface area contributed by atoms with Crippen molar-refractivity contribution in [2.45, 2.75) is 44.2 Å². The van der Waals surface area contributed by atoms with E-state index in [9.17, 15) is 4.79 Å². The number of nitrogens with one attached hydrogen (secondary N) is 1. The van der Waals surface area contributed by atoms with Crippen molar-refractivity contribution >= 4 is 28.5 Å². The summed E-state index contributed by atoms with van der Waals surface area (Å²) in [5.41, 5.74) is 4.52. The maximum absolute atomic E-state index is 13.6. The summed E-state index contributed by atoms with van der Waals surface area (Å²) in [7, 11) is 2.20. The molecule has 8 rings (SSSR count). The van der Waals surface area contributed by atoms with Crippen molar-refractivity contribution in [3.05, 3.63) is 70.2 Å². The highest BCUT2D eigenvalue weighted by atomic mass is 16.5. The minimum Gasteiger partial charge on any atom is -0.488 e. The van der Waals surface area contributed by atoms with Gasteiger partial charge in [-0.3, -0.25) is 4.79 Å². The largest absolute Gasteiger partial charge is 0.488 e. The highest BCUT2D eigenvalue weighted by molar-refractivity contribution is 5.77. The van der Waals surface area contributed by atoms with Crippen LogP contribution < -0.4 is 20.5 Å². The fourth-order valence-electron chi connectivity index (χ4n) is 6.63. The zero-order valence-electron chi connectivity index (χ0n) is 22.6. The van der Waals surface area contributed by atoms with Crippen LogP contribution in [0.5, 0.6) is 5.75 Å². The molecule has 1 spiro atoms. The first-order valence-corrected chi connectivity index (χ1v) is 14.2. The Bertz CT molecular complexity index is 1730. The molecule has 1 saturated carbocycles. The third kappa shape index (κ3) is 3.81. The van der Waals surface area contributed by atoms with Gasteiger partial charge in [0.15, 0.2) is 23.0 Å². The summed E-state index contributed by atoms with van der Waals surface area (Å²) in [6, 6.07) is 10.5. The molecule has 3 aliphatic heterocycles. The average molecular weight is 537 g/mol. The maximum atomic E-state index is 13.6. The van der Waals surface area contributed by atoms with Crippen molar-refractivity contribution in [3.63, 3.8) is 0 Å². The molecule has 40 heavy (non-hydrogen) atoms. The zero-order valence-corrected chi connectivity index (χ0v) is 22.6. The van der Waals surface area contributed by atoms with E-state index in [-0.39, 0.29) is 5.56 Å². The number of ether oxygens (including phenoxy) is 1. The summed E-state index contributed by atoms with van der Waals surface area (Å²) < 4.78 is 9.41. The first-order valence-electron chi connectivity index (χ1n) is 14.2. The number of rotatable bonds is 2. The van der Waals surface area contributed by atoms with Crippen LogP contribution in [-0.2, 0) is 18.5 Å². The van der Waals surface area contributed by atoms with Gasteiger partial charge >= 0.3 is 0 Å². The van der Waals surface area contributed by atoms with E-state index in [1.165, 1.54) is 24.0 Å². The molecule has 1 N–H and O–H groups in total. The molecule has 0 radical (unpaired) electrons. The molecule has 10 nitrogen and oxygen atoms in total. The lowest BCUT2D eigenvalue weighted by Gasteiger charge is -2.32. The lowest BCUT2D eigenvalue weighted by molar-refractivity contribution is 0.271. The second kappa shape index (κ2) is 8.92. The van der Waals surface area contributed by atoms with E-state index in [1.54, 1.807) is 10.9 Å². The van der Waals surface area contributed by atoms with Crippen LogP contribution in [0.25, 0.3) is 16.9 Å². The van der Waals surface area contributed by atoms with E-state index >= 15 is 0 Å². The standard InChI is InChI=1S/C30H32N8O2/c1-35-18-20-16-21(6-7-23(20)30(19-35)10-11-30)32-29-31-17-22-26(34-29)38-25-9-8-24-27(33-25)36(14-15-40-24)12-4-2-3-5-13-37(38)28(22)39/h3,5-9,16-17H,2,4,10-15,18-19H2,1H3,(H,31,32,34)/b5-3-. The summed E-state index contributed by atoms with van der Waals surface area (Å²) in [5, 5.41) is 3.87. The molecule has 3 aromatic heterocycles. The molecular formula is C30H32N8O2. The Kier molecular flexibility index (Phi) is 5.28. The van der Waals surface area contributed by atoms with E-state index in [4.69, 9.17) is 14.7 Å². The average Bonchev–Trinajstić information content (AvgIpc) is 3.66. The monoisotopic (exact) mass is 536 g/mol. The van der Waals surface area contributed by atoms with E-state index in [2.05, 4.69) is 57.5 Å². The Morgan fingerprint density at radius 2 is 2.00 bits per heavy atom. The number of benzene rings is 1.